The summed E-state index contributed by atoms with van der Waals surface area (Å²) in [7, 11) is 1.62. The molecule has 0 unspecified atom stereocenters. The largest absolute Gasteiger partial charge is 0.507 e. The first kappa shape index (κ1) is 24.4. The fourth-order valence-corrected chi connectivity index (χ4v) is 5.88. The van der Waals surface area contributed by atoms with Gasteiger partial charge in [-0.1, -0.05) is 18.2 Å². The molecule has 10 heteroatoms. The maximum Gasteiger partial charge on any atom is 0.296 e. The molecular formula is C28H29N3O7. The second-order valence-electron chi connectivity index (χ2n) is 9.77. The molecular weight excluding hydrogens is 490 g/mol. The molecule has 1 spiro atoms. The van der Waals surface area contributed by atoms with Gasteiger partial charge in [0.15, 0.2) is 17.0 Å². The zero-order valence-corrected chi connectivity index (χ0v) is 21.1. The highest BCUT2D eigenvalue weighted by Crippen LogP contribution is 2.53. The smallest absolute Gasteiger partial charge is 0.296 e. The molecule has 0 aromatic heterocycles. The fourth-order valence-electron chi connectivity index (χ4n) is 5.88. The predicted molar refractivity (Wildman–Crippen MR) is 137 cm³/mol. The van der Waals surface area contributed by atoms with Crippen LogP contribution in [-0.2, 0) is 24.7 Å². The maximum atomic E-state index is 14.1. The van der Waals surface area contributed by atoms with Crippen LogP contribution in [0.1, 0.15) is 17.5 Å². The lowest BCUT2D eigenvalue weighted by Gasteiger charge is -2.35. The first-order valence-electron chi connectivity index (χ1n) is 12.8. The lowest BCUT2D eigenvalue weighted by molar-refractivity contribution is -0.143. The molecule has 6 rings (SSSR count). The van der Waals surface area contributed by atoms with Gasteiger partial charge in [0.25, 0.3) is 17.6 Å². The van der Waals surface area contributed by atoms with E-state index in [0.29, 0.717) is 62.1 Å². The van der Waals surface area contributed by atoms with Crippen LogP contribution in [0.3, 0.4) is 0 Å². The van der Waals surface area contributed by atoms with Gasteiger partial charge < -0.3 is 29.1 Å². The van der Waals surface area contributed by atoms with Gasteiger partial charge in [-0.15, -0.1) is 0 Å². The summed E-state index contributed by atoms with van der Waals surface area (Å²) in [5.41, 5.74) is -0.642. The zero-order valence-electron chi connectivity index (χ0n) is 21.1. The summed E-state index contributed by atoms with van der Waals surface area (Å²) >= 11 is 0. The number of ether oxygens (including phenoxy) is 3. The third-order valence-electron chi connectivity index (χ3n) is 7.71. The number of carbonyl (C=O) groups excluding carboxylic acids is 3. The summed E-state index contributed by atoms with van der Waals surface area (Å²) in [6, 6.07) is 11.9. The van der Waals surface area contributed by atoms with Crippen molar-refractivity contribution in [3.8, 4) is 11.5 Å². The molecule has 2 amide bonds. The Kier molecular flexibility index (Phi) is 6.08. The van der Waals surface area contributed by atoms with Gasteiger partial charge >= 0.3 is 0 Å². The van der Waals surface area contributed by atoms with Crippen molar-refractivity contribution < 1.29 is 33.7 Å². The Morgan fingerprint density at radius 2 is 1.68 bits per heavy atom. The van der Waals surface area contributed by atoms with E-state index in [0.717, 1.165) is 13.1 Å². The highest BCUT2D eigenvalue weighted by molar-refractivity contribution is 6.50. The van der Waals surface area contributed by atoms with Crippen molar-refractivity contribution in [3.05, 3.63) is 59.2 Å². The van der Waals surface area contributed by atoms with E-state index in [9.17, 15) is 19.5 Å². The molecule has 1 N–H and O–H groups in total. The van der Waals surface area contributed by atoms with Crippen LogP contribution >= 0.6 is 0 Å². The normalized spacial score (nSPS) is 24.4. The number of hydrogen-bond donors (Lipinski definition) is 1. The van der Waals surface area contributed by atoms with Crippen molar-refractivity contribution in [1.29, 1.82) is 0 Å². The molecule has 2 aromatic carbocycles. The Hall–Kier alpha value is -3.89. The quantitative estimate of drug-likeness (QED) is 0.362. The lowest BCUT2D eigenvalue weighted by Crippen LogP contribution is -2.52. The van der Waals surface area contributed by atoms with Crippen LogP contribution in [0.2, 0.25) is 0 Å². The van der Waals surface area contributed by atoms with Gasteiger partial charge in [-0.25, -0.2) is 0 Å². The second kappa shape index (κ2) is 9.45. The number of para-hydroxylation sites is 1. The van der Waals surface area contributed by atoms with Gasteiger partial charge in [0.1, 0.15) is 19.0 Å². The Morgan fingerprint density at radius 1 is 0.947 bits per heavy atom. The number of morpholine rings is 1. The fraction of sp³-hybridized carbons (Fsp3) is 0.393. The number of carbonyl (C=O) groups is 3. The molecule has 2 aromatic rings. The molecule has 2 fully saturated rings. The number of anilines is 1. The standard InChI is InChI=1S/C28H29N3O7/c1-29-20-6-3-2-5-19(20)28(27(29)35)23(24(32)18-7-8-21-22(17-18)38-16-15-37-21)25(33)26(34)31(28)10-4-9-30-11-13-36-14-12-30/h2-3,5-8,17,32H,4,9-16H2,1H3/t28-/m1/s1. The van der Waals surface area contributed by atoms with Gasteiger partial charge in [-0.05, 0) is 30.7 Å². The average Bonchev–Trinajstić information content (AvgIpc) is 3.31. The predicted octanol–water partition coefficient (Wildman–Crippen LogP) is 1.73. The van der Waals surface area contributed by atoms with Gasteiger partial charge in [0, 0.05) is 50.0 Å². The minimum absolute atomic E-state index is 0.174. The van der Waals surface area contributed by atoms with Crippen molar-refractivity contribution in [2.75, 3.05) is 64.6 Å². The van der Waals surface area contributed by atoms with Crippen molar-refractivity contribution in [1.82, 2.24) is 9.80 Å². The summed E-state index contributed by atoms with van der Waals surface area (Å²) in [5, 5.41) is 11.6. The minimum Gasteiger partial charge on any atom is -0.507 e. The van der Waals surface area contributed by atoms with E-state index in [-0.39, 0.29) is 17.7 Å². The number of rotatable bonds is 5. The average molecular weight is 520 g/mol. The molecule has 0 aliphatic carbocycles. The monoisotopic (exact) mass is 519 g/mol. The van der Waals surface area contributed by atoms with Crippen LogP contribution in [0, 0.1) is 0 Å². The Morgan fingerprint density at radius 3 is 2.47 bits per heavy atom. The number of hydrogen-bond acceptors (Lipinski definition) is 8. The number of aliphatic hydroxyl groups is 1. The topological polar surface area (TPSA) is 109 Å². The third-order valence-corrected chi connectivity index (χ3v) is 7.71. The molecule has 4 heterocycles. The zero-order chi connectivity index (χ0) is 26.4. The molecule has 0 bridgehead atoms. The number of benzene rings is 2. The number of amides is 2. The molecule has 198 valence electrons. The number of ketones is 1. The maximum absolute atomic E-state index is 14.1. The number of likely N-dealkylation sites (tertiary alicyclic amines) is 1. The Bertz CT molecular complexity index is 1350. The Balaban J connectivity index is 1.47. The van der Waals surface area contributed by atoms with Crippen LogP contribution in [0.25, 0.3) is 5.76 Å². The molecule has 0 radical (unpaired) electrons. The Labute approximate surface area is 220 Å². The number of Topliss-reactive ketones (excluding diaryl/α,β-unsaturated/α-hetero) is 1. The summed E-state index contributed by atoms with van der Waals surface area (Å²) in [5.74, 6) is -1.62. The lowest BCUT2D eigenvalue weighted by atomic mass is 9.81. The van der Waals surface area contributed by atoms with Crippen molar-refractivity contribution >= 4 is 29.0 Å². The molecule has 4 aliphatic heterocycles. The number of fused-ring (bicyclic) bond motifs is 3. The second-order valence-corrected chi connectivity index (χ2v) is 9.77. The molecule has 1 atom stereocenters. The minimum atomic E-state index is -1.76. The van der Waals surface area contributed by atoms with Gasteiger partial charge in [-0.3, -0.25) is 19.3 Å². The van der Waals surface area contributed by atoms with Crippen LogP contribution < -0.4 is 14.4 Å². The van der Waals surface area contributed by atoms with E-state index in [1.165, 1.54) is 9.80 Å². The summed E-state index contributed by atoms with van der Waals surface area (Å²) in [6.07, 6.45) is 0.554. The number of nitrogens with zero attached hydrogens (tertiary/aromatic N) is 3. The van der Waals surface area contributed by atoms with Crippen LogP contribution in [0.5, 0.6) is 11.5 Å². The van der Waals surface area contributed by atoms with Crippen molar-refractivity contribution in [2.24, 2.45) is 0 Å². The van der Waals surface area contributed by atoms with Gasteiger partial charge in [-0.2, -0.15) is 0 Å². The molecule has 38 heavy (non-hydrogen) atoms. The third kappa shape index (κ3) is 3.58. The van der Waals surface area contributed by atoms with Crippen LogP contribution in [-0.4, -0.2) is 92.2 Å². The number of likely N-dealkylation sites (N-methyl/N-ethyl adjacent to an activating group) is 1. The molecule has 2 saturated heterocycles. The first-order chi connectivity index (χ1) is 18.4. The highest BCUT2D eigenvalue weighted by atomic mass is 16.6. The molecule has 10 nitrogen and oxygen atoms in total. The summed E-state index contributed by atoms with van der Waals surface area (Å²) in [4.78, 5) is 46.3. The molecule has 4 aliphatic rings. The number of aliphatic hydroxyl groups excluding tert-OH is 1. The van der Waals surface area contributed by atoms with E-state index in [4.69, 9.17) is 14.2 Å². The van der Waals surface area contributed by atoms with Gasteiger partial charge in [0.2, 0.25) is 0 Å². The van der Waals surface area contributed by atoms with Crippen molar-refractivity contribution in [2.45, 2.75) is 12.0 Å². The summed E-state index contributed by atoms with van der Waals surface area (Å²) in [6.45, 7) is 4.51. The van der Waals surface area contributed by atoms with Crippen LogP contribution in [0.4, 0.5) is 5.69 Å². The van der Waals surface area contributed by atoms with Crippen molar-refractivity contribution in [3.63, 3.8) is 0 Å². The van der Waals surface area contributed by atoms with E-state index >= 15 is 0 Å². The van der Waals surface area contributed by atoms with E-state index in [2.05, 4.69) is 4.90 Å². The highest BCUT2D eigenvalue weighted by Gasteiger charge is 2.66. The summed E-state index contributed by atoms with van der Waals surface area (Å²) < 4.78 is 16.7. The van der Waals surface area contributed by atoms with Gasteiger partial charge in [0.05, 0.1) is 18.8 Å². The van der Waals surface area contributed by atoms with Crippen LogP contribution in [0.15, 0.2) is 48.0 Å². The SMILES string of the molecule is CN1C(=O)[C@]2(C(=C(O)c3ccc4c(c3)OCCO4)C(=O)C(=O)N2CCCN2CCOCC2)c2ccccc21. The van der Waals surface area contributed by atoms with E-state index in [1.807, 2.05) is 0 Å². The first-order valence-corrected chi connectivity index (χ1v) is 12.8. The molecule has 0 saturated carbocycles. The van der Waals surface area contributed by atoms with E-state index < -0.39 is 28.9 Å². The van der Waals surface area contributed by atoms with E-state index in [1.54, 1.807) is 49.5 Å².